The quantitative estimate of drug-likeness (QED) is 0.0638. The molecule has 2 amide bonds. The number of hydrogen-bond acceptors (Lipinski definition) is 10. The number of carbonyl (C=O) groups excluding carboxylic acids is 2. The summed E-state index contributed by atoms with van der Waals surface area (Å²) < 4.78 is 93.8. The van der Waals surface area contributed by atoms with Crippen LogP contribution in [0.3, 0.4) is 0 Å². The largest absolute Gasteiger partial charge is 0.494 e. The highest BCUT2D eigenvalue weighted by atomic mass is 79.9. The van der Waals surface area contributed by atoms with Crippen LogP contribution in [-0.2, 0) is 44.8 Å². The van der Waals surface area contributed by atoms with Gasteiger partial charge in [0.05, 0.1) is 37.0 Å². The van der Waals surface area contributed by atoms with Gasteiger partial charge in [0, 0.05) is 96.2 Å². The zero-order valence-corrected chi connectivity index (χ0v) is 49.4. The van der Waals surface area contributed by atoms with Gasteiger partial charge < -0.3 is 39.2 Å². The summed E-state index contributed by atoms with van der Waals surface area (Å²) in [7, 11) is 2.85. The fraction of sp³-hybridized carbons (Fsp3) is 0.397. The third-order valence-corrected chi connectivity index (χ3v) is 15.3. The number of halogens is 6. The first-order valence-corrected chi connectivity index (χ1v) is 28.2. The lowest BCUT2D eigenvalue weighted by molar-refractivity contribution is -0.121. The molecule has 3 aliphatic rings. The summed E-state index contributed by atoms with van der Waals surface area (Å²) >= 11 is 3.12. The van der Waals surface area contributed by atoms with Gasteiger partial charge in [0.25, 0.3) is 0 Å². The molecule has 3 fully saturated rings. The molecular weight excluding hydrogens is 1120 g/mol. The summed E-state index contributed by atoms with van der Waals surface area (Å²) in [5, 5.41) is 5.60. The Bertz CT molecular complexity index is 2960. The molecule has 0 unspecified atom stereocenters. The average molecular weight is 1200 g/mol. The second-order valence-corrected chi connectivity index (χ2v) is 22.3. The van der Waals surface area contributed by atoms with Crippen LogP contribution in [0.5, 0.6) is 11.5 Å². The van der Waals surface area contributed by atoms with Crippen molar-refractivity contribution < 1.29 is 51.7 Å². The Morgan fingerprint density at radius 2 is 1.01 bits per heavy atom. The van der Waals surface area contributed by atoms with Crippen molar-refractivity contribution in [3.8, 4) is 22.6 Å². The van der Waals surface area contributed by atoms with Crippen molar-refractivity contribution in [3.63, 3.8) is 0 Å². The molecule has 12 nitrogen and oxygen atoms in total. The number of carbonyl (C=O) groups is 2. The number of rotatable bonds is 18. The molecule has 3 heterocycles. The zero-order valence-electron chi connectivity index (χ0n) is 48.8. The zero-order chi connectivity index (χ0) is 59.9. The van der Waals surface area contributed by atoms with Crippen molar-refractivity contribution in [2.24, 2.45) is 0 Å². The van der Waals surface area contributed by atoms with E-state index in [0.29, 0.717) is 46.9 Å². The fourth-order valence-electron chi connectivity index (χ4n) is 8.88. The van der Waals surface area contributed by atoms with Crippen molar-refractivity contribution >= 4 is 40.3 Å². The first-order valence-electron chi connectivity index (χ1n) is 28.1. The summed E-state index contributed by atoms with van der Waals surface area (Å²) in [6.45, 7) is 20.0. The molecule has 0 spiro atoms. The van der Waals surface area contributed by atoms with Crippen LogP contribution in [0.4, 0.5) is 22.0 Å². The normalized spacial score (nSPS) is 16.2. The summed E-state index contributed by atoms with van der Waals surface area (Å²) in [5.74, 6) is -0.426. The Hall–Kier alpha value is -6.19. The van der Waals surface area contributed by atoms with Gasteiger partial charge in [-0.25, -0.2) is 17.6 Å². The smallest absolute Gasteiger partial charge is 0.492 e. The lowest BCUT2D eigenvalue weighted by atomic mass is 9.79. The van der Waals surface area contributed by atoms with Gasteiger partial charge in [0.2, 0.25) is 11.8 Å². The lowest BCUT2D eigenvalue weighted by Crippen LogP contribution is -2.45. The predicted octanol–water partition coefficient (Wildman–Crippen LogP) is 9.90. The van der Waals surface area contributed by atoms with E-state index >= 15 is 0 Å². The monoisotopic (exact) mass is 1200 g/mol. The maximum absolute atomic E-state index is 14.8. The van der Waals surface area contributed by atoms with Gasteiger partial charge >= 0.3 is 7.12 Å². The minimum absolute atomic E-state index is 0.109. The third-order valence-electron chi connectivity index (χ3n) is 14.6. The molecule has 6 aromatic rings. The molecular formula is C63H77BBrF5N6O6. The van der Waals surface area contributed by atoms with Gasteiger partial charge in [-0.3, -0.25) is 23.8 Å². The van der Waals surface area contributed by atoms with Gasteiger partial charge in [-0.15, -0.1) is 0 Å². The second-order valence-electron chi connectivity index (χ2n) is 21.4. The standard InChI is InChI=1S/C28H31F2N3O2.C21H25BFNO3.C13H18BrFN2O.CH3F/c1-32-11-13-33(14-12-32)15-16-35-25-9-10-26(27(30)19-25)23-7-5-21(6-8-23)18-28(34)31-20-22-3-2-4-24(29)17-22;1-20(2)21(3,4)27-22(26-20)17-10-8-15(9-11-17)13-19(25)24-14-16-6-5-7-18(23)12-16;1-16-4-6-17(7-5-16)8-9-18-11-2-3-12(14)13(15)10-11;1-2/h2-10,17,19H,11-16,18,20H2,1H3,(H,31,34);5-12H,13-14H2,1-4H3,(H,24,25);2-3,10H,4-9H2,1H3;1H3/i;;;1D. The second kappa shape index (κ2) is 32.0. The number of nitrogens with zero attached hydrogens (tertiary/aromatic N) is 4. The maximum atomic E-state index is 14.8. The van der Waals surface area contributed by atoms with Crippen molar-refractivity contribution in [2.75, 3.05) is 99.9 Å². The van der Waals surface area contributed by atoms with E-state index in [-0.39, 0.29) is 65.7 Å². The SMILES string of the molecule is CC1(C)OB(c2ccc(CC(=O)NCc3cccc(F)c3)cc2)OC1(C)C.CN1CCN(CCOc2ccc(-c3ccc(CC(=O)NCc4cccc(F)c4)cc3)c(F)c2)CC1.CN1CCN(CCOc2ccc(Br)c(F)c2)CC1.[2H]CF. The van der Waals surface area contributed by atoms with Gasteiger partial charge in [-0.1, -0.05) is 72.8 Å². The number of benzene rings is 6. The van der Waals surface area contributed by atoms with E-state index in [4.69, 9.17) is 20.2 Å². The van der Waals surface area contributed by atoms with Gasteiger partial charge in [0.15, 0.2) is 0 Å². The Balaban J connectivity index is 0.000000205. The molecule has 0 atom stereocenters. The highest BCUT2D eigenvalue weighted by Gasteiger charge is 2.51. The van der Waals surface area contributed by atoms with Crippen LogP contribution < -0.4 is 25.6 Å². The molecule has 3 saturated heterocycles. The fourth-order valence-corrected chi connectivity index (χ4v) is 9.13. The Kier molecular flexibility index (Phi) is 24.8. The summed E-state index contributed by atoms with van der Waals surface area (Å²) in [4.78, 5) is 33.7. The highest BCUT2D eigenvalue weighted by Crippen LogP contribution is 2.36. The topological polar surface area (TPSA) is 108 Å². The number of hydrogen-bond donors (Lipinski definition) is 2. The first-order chi connectivity index (χ1) is 39.7. The van der Waals surface area contributed by atoms with Crippen LogP contribution in [0.25, 0.3) is 11.1 Å². The van der Waals surface area contributed by atoms with Crippen LogP contribution in [-0.4, -0.2) is 150 Å². The number of ether oxygens (including phenoxy) is 2. The molecule has 0 radical (unpaired) electrons. The number of piperazine rings is 2. The van der Waals surface area contributed by atoms with E-state index in [1.165, 1.54) is 36.4 Å². The predicted molar refractivity (Wildman–Crippen MR) is 318 cm³/mol. The van der Waals surface area contributed by atoms with E-state index in [1.807, 2.05) is 76.2 Å². The molecule has 9 rings (SSSR count). The van der Waals surface area contributed by atoms with Crippen LogP contribution in [0.2, 0.25) is 0 Å². The van der Waals surface area contributed by atoms with Crippen LogP contribution in [0, 0.1) is 23.3 Å². The molecule has 0 saturated carbocycles. The van der Waals surface area contributed by atoms with E-state index in [1.54, 1.807) is 48.5 Å². The van der Waals surface area contributed by atoms with Crippen molar-refractivity contribution in [3.05, 3.63) is 183 Å². The van der Waals surface area contributed by atoms with Crippen molar-refractivity contribution in [1.82, 2.24) is 30.2 Å². The Labute approximate surface area is 490 Å². The molecule has 3 aliphatic heterocycles. The lowest BCUT2D eigenvalue weighted by Gasteiger charge is -2.32. The van der Waals surface area contributed by atoms with E-state index in [9.17, 15) is 31.5 Å². The number of nitrogens with one attached hydrogen (secondary N) is 2. The Morgan fingerprint density at radius 1 is 0.585 bits per heavy atom. The van der Waals surface area contributed by atoms with E-state index < -0.39 is 14.3 Å². The first kappa shape index (κ1) is 63.4. The number of likely N-dealkylation sites (N-methyl/N-ethyl adjacent to an activating group) is 2. The molecule has 440 valence electrons. The van der Waals surface area contributed by atoms with E-state index in [2.05, 4.69) is 60.3 Å². The number of alkyl halides is 1. The number of amides is 2. The average Bonchev–Trinajstić information content (AvgIpc) is 3.80. The third kappa shape index (κ3) is 20.9. The van der Waals surface area contributed by atoms with E-state index in [0.717, 1.165) is 93.2 Å². The van der Waals surface area contributed by atoms with Crippen molar-refractivity contribution in [1.29, 1.82) is 0 Å². The summed E-state index contributed by atoms with van der Waals surface area (Å²) in [6, 6.07) is 37.0. The molecule has 2 N–H and O–H groups in total. The minimum Gasteiger partial charge on any atom is -0.492 e. The molecule has 0 bridgehead atoms. The molecule has 82 heavy (non-hydrogen) atoms. The van der Waals surface area contributed by atoms with Gasteiger partial charge in [-0.2, -0.15) is 0 Å². The van der Waals surface area contributed by atoms with Crippen LogP contribution >= 0.6 is 15.9 Å². The van der Waals surface area contributed by atoms with Crippen LogP contribution in [0.1, 0.15) is 51.3 Å². The molecule has 0 aromatic heterocycles. The maximum Gasteiger partial charge on any atom is 0.494 e. The van der Waals surface area contributed by atoms with Gasteiger partial charge in [0.1, 0.15) is 48.0 Å². The van der Waals surface area contributed by atoms with Gasteiger partial charge in [-0.05, 0) is 140 Å². The molecule has 0 aliphatic carbocycles. The molecule has 6 aromatic carbocycles. The highest BCUT2D eigenvalue weighted by molar-refractivity contribution is 9.10. The van der Waals surface area contributed by atoms with Crippen molar-refractivity contribution in [2.45, 2.75) is 64.8 Å². The minimum atomic E-state index is -1.00. The summed E-state index contributed by atoms with van der Waals surface area (Å²) in [5.41, 5.74) is 4.53. The Morgan fingerprint density at radius 3 is 1.44 bits per heavy atom. The molecule has 19 heteroatoms. The summed E-state index contributed by atoms with van der Waals surface area (Å²) in [6.07, 6.45) is 0.455. The van der Waals surface area contributed by atoms with Crippen LogP contribution in [0.15, 0.2) is 138 Å².